The van der Waals surface area contributed by atoms with Gasteiger partial charge in [-0.05, 0) is 60.7 Å². The number of anilines is 2. The summed E-state index contributed by atoms with van der Waals surface area (Å²) in [6.07, 6.45) is 0. The molecule has 0 amide bonds. The van der Waals surface area contributed by atoms with Gasteiger partial charge in [0.15, 0.2) is 5.75 Å². The van der Waals surface area contributed by atoms with Gasteiger partial charge in [-0.1, -0.05) is 72.2 Å². The molecule has 0 aliphatic rings. The van der Waals surface area contributed by atoms with Gasteiger partial charge < -0.3 is 31.2 Å². The molecular formula is C38H26N2O4. The van der Waals surface area contributed by atoms with Crippen LogP contribution in [0.2, 0.25) is 0 Å². The molecule has 6 aromatic rings. The standard InChI is InChI=1S/C38H26N2O4/c39-33-20-17-28(23-35(33)41)43-37-13-7-12-31-32(37)22-27(16-14-25-8-3-1-4-9-25)30(19-15-26-10-5-2-6-11-26)38(31)44-29-18-21-34(40)36(42)24-29/h1-13,17-18,20-24,41-42H,39-40H2. The molecule has 0 radical (unpaired) electrons. The molecule has 6 heteroatoms. The third-order valence-corrected chi connectivity index (χ3v) is 6.77. The number of nitrogen functional groups attached to an aromatic ring is 2. The number of aromatic hydroxyl groups is 2. The Bertz CT molecular complexity index is 2120. The van der Waals surface area contributed by atoms with Crippen molar-refractivity contribution in [1.82, 2.24) is 0 Å². The highest BCUT2D eigenvalue weighted by molar-refractivity contribution is 5.97. The number of hydrogen-bond acceptors (Lipinski definition) is 6. The minimum atomic E-state index is -0.101. The Morgan fingerprint density at radius 2 is 1.07 bits per heavy atom. The normalized spacial score (nSPS) is 10.3. The van der Waals surface area contributed by atoms with E-state index in [1.807, 2.05) is 84.9 Å². The molecule has 212 valence electrons. The van der Waals surface area contributed by atoms with Gasteiger partial charge in [-0.2, -0.15) is 0 Å². The molecular weight excluding hydrogens is 548 g/mol. The molecule has 0 atom stereocenters. The molecule has 0 saturated heterocycles. The van der Waals surface area contributed by atoms with Crippen LogP contribution in [0.15, 0.2) is 121 Å². The van der Waals surface area contributed by atoms with Crippen molar-refractivity contribution in [1.29, 1.82) is 0 Å². The van der Waals surface area contributed by atoms with Gasteiger partial charge in [0.1, 0.15) is 28.7 Å². The van der Waals surface area contributed by atoms with Gasteiger partial charge in [-0.3, -0.25) is 0 Å². The maximum Gasteiger partial charge on any atom is 0.152 e. The van der Waals surface area contributed by atoms with Crippen molar-refractivity contribution < 1.29 is 19.7 Å². The summed E-state index contributed by atoms with van der Waals surface area (Å²) in [5.74, 6) is 14.6. The van der Waals surface area contributed by atoms with Crippen molar-refractivity contribution in [2.75, 3.05) is 11.5 Å². The molecule has 0 unspecified atom stereocenters. The van der Waals surface area contributed by atoms with Crippen molar-refractivity contribution in [3.63, 3.8) is 0 Å². The quantitative estimate of drug-likeness (QED) is 0.0971. The average Bonchev–Trinajstić information content (AvgIpc) is 3.04. The Labute approximate surface area is 254 Å². The van der Waals surface area contributed by atoms with Crippen molar-refractivity contribution in [3.05, 3.63) is 144 Å². The van der Waals surface area contributed by atoms with E-state index in [2.05, 4.69) is 23.7 Å². The molecule has 0 aliphatic carbocycles. The van der Waals surface area contributed by atoms with E-state index in [4.69, 9.17) is 20.9 Å². The number of ether oxygens (including phenoxy) is 2. The van der Waals surface area contributed by atoms with Crippen molar-refractivity contribution >= 4 is 22.1 Å². The van der Waals surface area contributed by atoms with Gasteiger partial charge in [-0.15, -0.1) is 0 Å². The summed E-state index contributed by atoms with van der Waals surface area (Å²) in [6, 6.07) is 36.2. The fraction of sp³-hybridized carbons (Fsp3) is 0. The second kappa shape index (κ2) is 12.2. The molecule has 0 aromatic heterocycles. The lowest BCUT2D eigenvalue weighted by atomic mass is 9.98. The van der Waals surface area contributed by atoms with E-state index in [-0.39, 0.29) is 22.9 Å². The summed E-state index contributed by atoms with van der Waals surface area (Å²) in [4.78, 5) is 0. The predicted octanol–water partition coefficient (Wildman–Crippen LogP) is 7.80. The summed E-state index contributed by atoms with van der Waals surface area (Å²) in [7, 11) is 0. The first-order valence-corrected chi connectivity index (χ1v) is 13.7. The van der Waals surface area contributed by atoms with Gasteiger partial charge in [0.05, 0.1) is 16.9 Å². The van der Waals surface area contributed by atoms with E-state index in [9.17, 15) is 10.2 Å². The number of phenolic OH excluding ortho intramolecular Hbond substituents is 2. The third kappa shape index (κ3) is 6.06. The van der Waals surface area contributed by atoms with E-state index in [0.29, 0.717) is 44.9 Å². The Morgan fingerprint density at radius 3 is 1.66 bits per heavy atom. The number of hydrogen-bond donors (Lipinski definition) is 4. The molecule has 44 heavy (non-hydrogen) atoms. The summed E-state index contributed by atoms with van der Waals surface area (Å²) < 4.78 is 12.7. The van der Waals surface area contributed by atoms with Crippen molar-refractivity contribution in [3.8, 4) is 58.2 Å². The number of phenols is 2. The number of nitrogens with two attached hydrogens (primary N) is 2. The maximum absolute atomic E-state index is 10.3. The fourth-order valence-electron chi connectivity index (χ4n) is 4.52. The monoisotopic (exact) mass is 574 g/mol. The minimum Gasteiger partial charge on any atom is -0.506 e. The number of benzene rings is 6. The lowest BCUT2D eigenvalue weighted by molar-refractivity contribution is 0.456. The summed E-state index contributed by atoms with van der Waals surface area (Å²) >= 11 is 0. The van der Waals surface area contributed by atoms with Crippen LogP contribution in [0.5, 0.6) is 34.5 Å². The second-order valence-electron chi connectivity index (χ2n) is 9.86. The SMILES string of the molecule is Nc1ccc(Oc2cccc3c(Oc4ccc(N)c(O)c4)c(C#Cc4ccccc4)c(C#Cc4ccccc4)cc23)cc1O. The highest BCUT2D eigenvalue weighted by Gasteiger charge is 2.18. The topological polar surface area (TPSA) is 111 Å². The molecule has 6 rings (SSSR count). The Hall–Kier alpha value is -6.50. The zero-order valence-corrected chi connectivity index (χ0v) is 23.4. The highest BCUT2D eigenvalue weighted by atomic mass is 16.5. The Morgan fingerprint density at radius 1 is 0.500 bits per heavy atom. The summed E-state index contributed by atoms with van der Waals surface area (Å²) in [5, 5.41) is 21.9. The van der Waals surface area contributed by atoms with Crippen LogP contribution in [0.3, 0.4) is 0 Å². The lowest BCUT2D eigenvalue weighted by Gasteiger charge is -2.16. The zero-order chi connectivity index (χ0) is 30.5. The van der Waals surface area contributed by atoms with Gasteiger partial charge in [0.25, 0.3) is 0 Å². The van der Waals surface area contributed by atoms with Crippen LogP contribution in [0, 0.1) is 23.7 Å². The van der Waals surface area contributed by atoms with E-state index >= 15 is 0 Å². The lowest BCUT2D eigenvalue weighted by Crippen LogP contribution is -1.97. The van der Waals surface area contributed by atoms with Crippen molar-refractivity contribution in [2.24, 2.45) is 0 Å². The number of fused-ring (bicyclic) bond motifs is 1. The molecule has 6 aromatic carbocycles. The molecule has 0 bridgehead atoms. The molecule has 0 spiro atoms. The van der Waals surface area contributed by atoms with Crippen LogP contribution in [0.1, 0.15) is 22.3 Å². The smallest absolute Gasteiger partial charge is 0.152 e. The van der Waals surface area contributed by atoms with Gasteiger partial charge in [0.2, 0.25) is 0 Å². The molecule has 0 heterocycles. The first-order valence-electron chi connectivity index (χ1n) is 13.7. The van der Waals surface area contributed by atoms with Crippen molar-refractivity contribution in [2.45, 2.75) is 0 Å². The van der Waals surface area contributed by atoms with E-state index in [1.54, 1.807) is 24.3 Å². The Kier molecular flexibility index (Phi) is 7.65. The van der Waals surface area contributed by atoms with Gasteiger partial charge in [0, 0.05) is 39.6 Å². The van der Waals surface area contributed by atoms with E-state index in [0.717, 1.165) is 11.1 Å². The van der Waals surface area contributed by atoms with Crippen LogP contribution in [0.4, 0.5) is 11.4 Å². The average molecular weight is 575 g/mol. The first-order chi connectivity index (χ1) is 21.4. The molecule has 0 fully saturated rings. The molecule has 0 saturated carbocycles. The zero-order valence-electron chi connectivity index (χ0n) is 23.4. The molecule has 6 N–H and O–H groups in total. The molecule has 6 nitrogen and oxygen atoms in total. The third-order valence-electron chi connectivity index (χ3n) is 6.77. The number of rotatable bonds is 4. The van der Waals surface area contributed by atoms with Gasteiger partial charge >= 0.3 is 0 Å². The minimum absolute atomic E-state index is 0.0807. The van der Waals surface area contributed by atoms with E-state index in [1.165, 1.54) is 12.1 Å². The summed E-state index contributed by atoms with van der Waals surface area (Å²) in [6.45, 7) is 0. The van der Waals surface area contributed by atoms with Crippen LogP contribution in [-0.2, 0) is 0 Å². The Balaban J connectivity index is 1.61. The predicted molar refractivity (Wildman–Crippen MR) is 174 cm³/mol. The van der Waals surface area contributed by atoms with Gasteiger partial charge in [-0.25, -0.2) is 0 Å². The summed E-state index contributed by atoms with van der Waals surface area (Å²) in [5.41, 5.74) is 15.0. The largest absolute Gasteiger partial charge is 0.506 e. The highest BCUT2D eigenvalue weighted by Crippen LogP contribution is 2.42. The van der Waals surface area contributed by atoms with E-state index < -0.39 is 0 Å². The maximum atomic E-state index is 10.3. The van der Waals surface area contributed by atoms with Crippen LogP contribution in [-0.4, -0.2) is 10.2 Å². The second-order valence-corrected chi connectivity index (χ2v) is 9.86. The fourth-order valence-corrected chi connectivity index (χ4v) is 4.52. The van der Waals surface area contributed by atoms with Crippen LogP contribution >= 0.6 is 0 Å². The van der Waals surface area contributed by atoms with Crippen LogP contribution < -0.4 is 20.9 Å². The first kappa shape index (κ1) is 27.7. The molecule has 0 aliphatic heterocycles. The van der Waals surface area contributed by atoms with Crippen LogP contribution in [0.25, 0.3) is 10.8 Å².